The van der Waals surface area contributed by atoms with Gasteiger partial charge >= 0.3 is 0 Å². The second kappa shape index (κ2) is 10.9. The van der Waals surface area contributed by atoms with Gasteiger partial charge in [-0.3, -0.25) is 9.69 Å². The van der Waals surface area contributed by atoms with E-state index in [4.69, 9.17) is 14.2 Å². The molecule has 0 spiro atoms. The van der Waals surface area contributed by atoms with Gasteiger partial charge in [0.05, 0.1) is 21.3 Å². The molecule has 0 aromatic heterocycles. The molecule has 166 valence electrons. The zero-order valence-corrected chi connectivity index (χ0v) is 18.7. The molecule has 1 saturated heterocycles. The fourth-order valence-electron chi connectivity index (χ4n) is 3.98. The largest absolute Gasteiger partial charge is 0.497 e. The van der Waals surface area contributed by atoms with Crippen LogP contribution in [0.3, 0.4) is 0 Å². The molecule has 1 fully saturated rings. The maximum atomic E-state index is 13.3. The minimum Gasteiger partial charge on any atom is -0.497 e. The van der Waals surface area contributed by atoms with E-state index in [0.717, 1.165) is 43.9 Å². The molecule has 0 radical (unpaired) electrons. The SMILES string of the molecule is C=CCc1cc(C(=O)N2CCCN(Cc3ccc(OC)cc3)CC2)cc(OC)c1OC. The van der Waals surface area contributed by atoms with E-state index in [1.54, 1.807) is 33.5 Å². The molecule has 2 aromatic rings. The Hall–Kier alpha value is -2.99. The van der Waals surface area contributed by atoms with Gasteiger partial charge in [-0.1, -0.05) is 18.2 Å². The van der Waals surface area contributed by atoms with E-state index in [1.165, 1.54) is 5.56 Å². The topological polar surface area (TPSA) is 51.2 Å². The first-order valence-corrected chi connectivity index (χ1v) is 10.6. The fraction of sp³-hybridized carbons (Fsp3) is 0.400. The zero-order chi connectivity index (χ0) is 22.2. The summed E-state index contributed by atoms with van der Waals surface area (Å²) in [4.78, 5) is 17.6. The van der Waals surface area contributed by atoms with Crippen molar-refractivity contribution in [3.8, 4) is 17.2 Å². The molecule has 1 amide bonds. The number of hydrogen-bond donors (Lipinski definition) is 0. The summed E-state index contributed by atoms with van der Waals surface area (Å²) in [6.07, 6.45) is 3.35. The Bertz CT molecular complexity index is 895. The van der Waals surface area contributed by atoms with Gasteiger partial charge in [0.25, 0.3) is 5.91 Å². The third-order valence-electron chi connectivity index (χ3n) is 5.61. The number of allylic oxidation sites excluding steroid dienone is 1. The Morgan fingerprint density at radius 2 is 1.77 bits per heavy atom. The first kappa shape index (κ1) is 22.7. The zero-order valence-electron chi connectivity index (χ0n) is 18.7. The molecule has 1 heterocycles. The van der Waals surface area contributed by atoms with Crippen molar-refractivity contribution >= 4 is 5.91 Å². The third-order valence-corrected chi connectivity index (χ3v) is 5.61. The highest BCUT2D eigenvalue weighted by Gasteiger charge is 2.23. The molecule has 0 atom stereocenters. The van der Waals surface area contributed by atoms with Crippen molar-refractivity contribution in [2.24, 2.45) is 0 Å². The summed E-state index contributed by atoms with van der Waals surface area (Å²) in [5.41, 5.74) is 2.77. The van der Waals surface area contributed by atoms with E-state index in [1.807, 2.05) is 23.1 Å². The molecule has 31 heavy (non-hydrogen) atoms. The number of hydrogen-bond acceptors (Lipinski definition) is 5. The highest BCUT2D eigenvalue weighted by atomic mass is 16.5. The molecule has 0 aliphatic carbocycles. The molecular formula is C25H32N2O4. The van der Waals surface area contributed by atoms with Gasteiger partial charge in [-0.15, -0.1) is 6.58 Å². The number of nitrogens with zero attached hydrogens (tertiary/aromatic N) is 2. The predicted octanol–water partition coefficient (Wildman–Crippen LogP) is 3.79. The van der Waals surface area contributed by atoms with Crippen molar-refractivity contribution in [3.63, 3.8) is 0 Å². The number of rotatable bonds is 8. The number of methoxy groups -OCH3 is 3. The van der Waals surface area contributed by atoms with Crippen molar-refractivity contribution in [2.75, 3.05) is 47.5 Å². The van der Waals surface area contributed by atoms with E-state index in [0.29, 0.717) is 30.0 Å². The molecule has 6 nitrogen and oxygen atoms in total. The van der Waals surface area contributed by atoms with Crippen molar-refractivity contribution in [1.29, 1.82) is 0 Å². The van der Waals surface area contributed by atoms with Gasteiger partial charge in [0.2, 0.25) is 0 Å². The van der Waals surface area contributed by atoms with Crippen LogP contribution < -0.4 is 14.2 Å². The Balaban J connectivity index is 1.69. The lowest BCUT2D eigenvalue weighted by Crippen LogP contribution is -2.35. The van der Waals surface area contributed by atoms with Crippen molar-refractivity contribution in [2.45, 2.75) is 19.4 Å². The number of carbonyl (C=O) groups excluding carboxylic acids is 1. The minimum absolute atomic E-state index is 0.0255. The molecular weight excluding hydrogens is 392 g/mol. The van der Waals surface area contributed by atoms with E-state index >= 15 is 0 Å². The molecule has 1 aliphatic heterocycles. The van der Waals surface area contributed by atoms with Gasteiger partial charge in [0.1, 0.15) is 5.75 Å². The summed E-state index contributed by atoms with van der Waals surface area (Å²) >= 11 is 0. The molecule has 0 bridgehead atoms. The number of ether oxygens (including phenoxy) is 3. The Morgan fingerprint density at radius 1 is 1.00 bits per heavy atom. The van der Waals surface area contributed by atoms with Crippen LogP contribution in [0, 0.1) is 0 Å². The number of carbonyl (C=O) groups is 1. The Labute approximate surface area is 185 Å². The first-order valence-electron chi connectivity index (χ1n) is 10.6. The van der Waals surface area contributed by atoms with Gasteiger partial charge in [0.15, 0.2) is 11.5 Å². The first-order chi connectivity index (χ1) is 15.1. The average molecular weight is 425 g/mol. The maximum Gasteiger partial charge on any atom is 0.254 e. The minimum atomic E-state index is 0.0255. The van der Waals surface area contributed by atoms with Crippen LogP contribution in [0.1, 0.15) is 27.9 Å². The lowest BCUT2D eigenvalue weighted by Gasteiger charge is -2.23. The lowest BCUT2D eigenvalue weighted by atomic mass is 10.0. The fourth-order valence-corrected chi connectivity index (χ4v) is 3.98. The number of amides is 1. The van der Waals surface area contributed by atoms with Crippen LogP contribution in [0.4, 0.5) is 0 Å². The number of benzene rings is 2. The van der Waals surface area contributed by atoms with Crippen LogP contribution in [-0.4, -0.2) is 63.2 Å². The summed E-state index contributed by atoms with van der Waals surface area (Å²) in [6, 6.07) is 11.8. The molecule has 0 N–H and O–H groups in total. The summed E-state index contributed by atoms with van der Waals surface area (Å²) < 4.78 is 16.2. The van der Waals surface area contributed by atoms with Gasteiger partial charge in [-0.05, 0) is 42.7 Å². The van der Waals surface area contributed by atoms with Crippen LogP contribution in [0.15, 0.2) is 49.1 Å². The van der Waals surface area contributed by atoms with Crippen molar-refractivity contribution in [1.82, 2.24) is 9.80 Å². The van der Waals surface area contributed by atoms with Gasteiger partial charge in [-0.2, -0.15) is 0 Å². The Kier molecular flexibility index (Phi) is 7.95. The van der Waals surface area contributed by atoms with Crippen molar-refractivity contribution in [3.05, 3.63) is 65.7 Å². The maximum absolute atomic E-state index is 13.3. The van der Waals surface area contributed by atoms with Crippen LogP contribution in [0.5, 0.6) is 17.2 Å². The highest BCUT2D eigenvalue weighted by Crippen LogP contribution is 2.33. The normalized spacial score (nSPS) is 14.6. The van der Waals surface area contributed by atoms with E-state index in [2.05, 4.69) is 23.6 Å². The predicted molar refractivity (Wildman–Crippen MR) is 122 cm³/mol. The van der Waals surface area contributed by atoms with Gasteiger partial charge < -0.3 is 19.1 Å². The highest BCUT2D eigenvalue weighted by molar-refractivity contribution is 5.95. The molecule has 0 unspecified atom stereocenters. The molecule has 0 saturated carbocycles. The molecule has 2 aromatic carbocycles. The second-order valence-corrected chi connectivity index (χ2v) is 7.63. The van der Waals surface area contributed by atoms with Crippen LogP contribution in [0.25, 0.3) is 0 Å². The van der Waals surface area contributed by atoms with E-state index < -0.39 is 0 Å². The van der Waals surface area contributed by atoms with Crippen LogP contribution in [-0.2, 0) is 13.0 Å². The summed E-state index contributed by atoms with van der Waals surface area (Å²) in [5.74, 6) is 2.11. The van der Waals surface area contributed by atoms with E-state index in [9.17, 15) is 4.79 Å². The van der Waals surface area contributed by atoms with Crippen molar-refractivity contribution < 1.29 is 19.0 Å². The second-order valence-electron chi connectivity index (χ2n) is 7.63. The quantitative estimate of drug-likeness (QED) is 0.604. The van der Waals surface area contributed by atoms with Gasteiger partial charge in [0, 0.05) is 43.9 Å². The molecule has 6 heteroatoms. The smallest absolute Gasteiger partial charge is 0.254 e. The van der Waals surface area contributed by atoms with Crippen LogP contribution in [0.2, 0.25) is 0 Å². The monoisotopic (exact) mass is 424 g/mol. The third kappa shape index (κ3) is 5.58. The standard InChI is InChI=1S/C25H32N2O4/c1-5-7-20-16-21(17-23(30-3)24(20)31-4)25(28)27-13-6-12-26(14-15-27)18-19-8-10-22(29-2)11-9-19/h5,8-11,16-17H,1,6-7,12-15,18H2,2-4H3. The van der Waals surface area contributed by atoms with Gasteiger partial charge in [-0.25, -0.2) is 0 Å². The Morgan fingerprint density at radius 3 is 2.42 bits per heavy atom. The average Bonchev–Trinajstić information content (AvgIpc) is 3.04. The van der Waals surface area contributed by atoms with E-state index in [-0.39, 0.29) is 5.91 Å². The lowest BCUT2D eigenvalue weighted by molar-refractivity contribution is 0.0760. The summed E-state index contributed by atoms with van der Waals surface area (Å²) in [7, 11) is 4.87. The summed E-state index contributed by atoms with van der Waals surface area (Å²) in [6.45, 7) is 7.91. The van der Waals surface area contributed by atoms with Crippen LogP contribution >= 0.6 is 0 Å². The molecule has 1 aliphatic rings. The summed E-state index contributed by atoms with van der Waals surface area (Å²) in [5, 5.41) is 0. The molecule has 3 rings (SSSR count).